The lowest BCUT2D eigenvalue weighted by molar-refractivity contribution is 0.636. The molecule has 3 heterocycles. The molecule has 0 spiro atoms. The zero-order valence-corrected chi connectivity index (χ0v) is 13.6. The molecule has 0 bridgehead atoms. The van der Waals surface area contributed by atoms with Gasteiger partial charge in [-0.25, -0.2) is 4.39 Å². The van der Waals surface area contributed by atoms with Gasteiger partial charge in [0, 0.05) is 22.4 Å². The van der Waals surface area contributed by atoms with Gasteiger partial charge in [0.25, 0.3) is 0 Å². The van der Waals surface area contributed by atoms with E-state index in [0.29, 0.717) is 23.1 Å². The zero-order chi connectivity index (χ0) is 16.8. The second-order valence-corrected chi connectivity index (χ2v) is 5.99. The number of nitrogens with one attached hydrogen (secondary N) is 2. The molecule has 3 aromatic rings. The molecule has 24 heavy (non-hydrogen) atoms. The van der Waals surface area contributed by atoms with E-state index >= 15 is 0 Å². The standard InChI is InChI=1S/C18H18FN5/c1-3-10-6-15-18(23-9(10)2)16(14(20)8-21-15)11-4-5-13(19)17-12(11)7-22-24-17/h4-7,21H,3,8,20H2,1-2H3,(H,22,24). The minimum Gasteiger partial charge on any atom is -0.400 e. The van der Waals surface area contributed by atoms with E-state index < -0.39 is 0 Å². The third-order valence-electron chi connectivity index (χ3n) is 4.56. The van der Waals surface area contributed by atoms with Crippen LogP contribution < -0.4 is 11.1 Å². The summed E-state index contributed by atoms with van der Waals surface area (Å²) in [5.41, 5.74) is 13.0. The van der Waals surface area contributed by atoms with Crippen LogP contribution in [0.5, 0.6) is 0 Å². The van der Waals surface area contributed by atoms with E-state index in [-0.39, 0.29) is 5.82 Å². The Morgan fingerprint density at radius 2 is 2.17 bits per heavy atom. The molecule has 5 nitrogen and oxygen atoms in total. The van der Waals surface area contributed by atoms with Gasteiger partial charge in [-0.15, -0.1) is 0 Å². The second kappa shape index (κ2) is 5.33. The van der Waals surface area contributed by atoms with Gasteiger partial charge in [0.1, 0.15) is 11.3 Å². The summed E-state index contributed by atoms with van der Waals surface area (Å²) in [5.74, 6) is -0.329. The van der Waals surface area contributed by atoms with Gasteiger partial charge in [-0.1, -0.05) is 13.0 Å². The lowest BCUT2D eigenvalue weighted by Gasteiger charge is -2.24. The minimum atomic E-state index is -0.329. The van der Waals surface area contributed by atoms with Gasteiger partial charge >= 0.3 is 0 Å². The van der Waals surface area contributed by atoms with E-state index in [1.54, 1.807) is 12.3 Å². The Morgan fingerprint density at radius 3 is 2.96 bits per heavy atom. The molecule has 4 rings (SSSR count). The minimum absolute atomic E-state index is 0.329. The maximum Gasteiger partial charge on any atom is 0.148 e. The summed E-state index contributed by atoms with van der Waals surface area (Å²) in [6.45, 7) is 4.64. The highest BCUT2D eigenvalue weighted by molar-refractivity contribution is 5.99. The third kappa shape index (κ3) is 2.06. The van der Waals surface area contributed by atoms with Crippen molar-refractivity contribution in [2.45, 2.75) is 20.3 Å². The van der Waals surface area contributed by atoms with Crippen LogP contribution in [0.25, 0.3) is 16.5 Å². The fourth-order valence-corrected chi connectivity index (χ4v) is 3.28. The maximum atomic E-state index is 14.0. The van der Waals surface area contributed by atoms with Crippen LogP contribution in [-0.4, -0.2) is 21.7 Å². The predicted molar refractivity (Wildman–Crippen MR) is 93.1 cm³/mol. The summed E-state index contributed by atoms with van der Waals surface area (Å²) >= 11 is 0. The van der Waals surface area contributed by atoms with Gasteiger partial charge < -0.3 is 11.1 Å². The Balaban J connectivity index is 2.00. The predicted octanol–water partition coefficient (Wildman–Crippen LogP) is 3.11. The monoisotopic (exact) mass is 323 g/mol. The van der Waals surface area contributed by atoms with Crippen molar-refractivity contribution in [2.24, 2.45) is 5.73 Å². The Bertz CT molecular complexity index is 986. The highest BCUT2D eigenvalue weighted by atomic mass is 19.1. The van der Waals surface area contributed by atoms with Crippen molar-refractivity contribution in [3.8, 4) is 0 Å². The Morgan fingerprint density at radius 1 is 1.33 bits per heavy atom. The first-order chi connectivity index (χ1) is 11.6. The molecule has 2 aromatic heterocycles. The summed E-state index contributed by atoms with van der Waals surface area (Å²) in [4.78, 5) is 4.78. The van der Waals surface area contributed by atoms with Crippen LogP contribution in [0.2, 0.25) is 0 Å². The van der Waals surface area contributed by atoms with E-state index in [4.69, 9.17) is 10.7 Å². The average molecular weight is 323 g/mol. The molecule has 0 fully saturated rings. The van der Waals surface area contributed by atoms with Crippen LogP contribution >= 0.6 is 0 Å². The molecule has 4 N–H and O–H groups in total. The van der Waals surface area contributed by atoms with Crippen LogP contribution in [0.15, 0.2) is 30.1 Å². The number of H-pyrrole nitrogens is 1. The molecule has 1 aliphatic heterocycles. The largest absolute Gasteiger partial charge is 0.400 e. The number of aromatic amines is 1. The Labute approximate surface area is 138 Å². The number of aromatic nitrogens is 3. The van der Waals surface area contributed by atoms with Crippen LogP contribution in [0.4, 0.5) is 10.1 Å². The number of nitrogens with zero attached hydrogens (tertiary/aromatic N) is 2. The maximum absolute atomic E-state index is 14.0. The van der Waals surface area contributed by atoms with Crippen LogP contribution in [0, 0.1) is 12.7 Å². The van der Waals surface area contributed by atoms with Crippen molar-refractivity contribution >= 4 is 22.2 Å². The first kappa shape index (κ1) is 14.7. The van der Waals surface area contributed by atoms with Crippen molar-refractivity contribution in [1.29, 1.82) is 0 Å². The highest BCUT2D eigenvalue weighted by Crippen LogP contribution is 2.37. The highest BCUT2D eigenvalue weighted by Gasteiger charge is 2.23. The van der Waals surface area contributed by atoms with Crippen molar-refractivity contribution in [2.75, 3.05) is 11.9 Å². The molecule has 0 aliphatic carbocycles. The summed E-state index contributed by atoms with van der Waals surface area (Å²) < 4.78 is 14.0. The van der Waals surface area contributed by atoms with Crippen molar-refractivity contribution < 1.29 is 4.39 Å². The SMILES string of the molecule is CCc1cc2c(nc1C)C(c1ccc(F)c3[nH]ncc13)=C(N)CN2. The third-order valence-corrected chi connectivity index (χ3v) is 4.56. The molecular formula is C18H18FN5. The van der Waals surface area contributed by atoms with E-state index in [1.807, 2.05) is 6.92 Å². The van der Waals surface area contributed by atoms with Crippen molar-refractivity contribution in [1.82, 2.24) is 15.2 Å². The quantitative estimate of drug-likeness (QED) is 0.677. The molecule has 0 saturated carbocycles. The molecule has 0 radical (unpaired) electrons. The molecular weight excluding hydrogens is 305 g/mol. The number of anilines is 1. The number of hydrogen-bond donors (Lipinski definition) is 3. The van der Waals surface area contributed by atoms with Gasteiger partial charge in [-0.05, 0) is 36.6 Å². The first-order valence-electron chi connectivity index (χ1n) is 7.95. The van der Waals surface area contributed by atoms with Crippen LogP contribution in [0.1, 0.15) is 29.4 Å². The van der Waals surface area contributed by atoms with Crippen molar-refractivity contribution in [3.05, 3.63) is 58.4 Å². The van der Waals surface area contributed by atoms with E-state index in [9.17, 15) is 4.39 Å². The number of pyridine rings is 1. The van der Waals surface area contributed by atoms with Crippen molar-refractivity contribution in [3.63, 3.8) is 0 Å². The molecule has 0 unspecified atom stereocenters. The fourth-order valence-electron chi connectivity index (χ4n) is 3.28. The molecule has 0 atom stereocenters. The Hall–Kier alpha value is -2.89. The van der Waals surface area contributed by atoms with E-state index in [0.717, 1.165) is 34.6 Å². The van der Waals surface area contributed by atoms with Gasteiger partial charge in [-0.3, -0.25) is 10.1 Å². The van der Waals surface area contributed by atoms with Gasteiger partial charge in [0.2, 0.25) is 0 Å². The van der Waals surface area contributed by atoms with Gasteiger partial charge in [0.15, 0.2) is 0 Å². The first-order valence-corrected chi connectivity index (χ1v) is 7.95. The van der Waals surface area contributed by atoms with Crippen LogP contribution in [0.3, 0.4) is 0 Å². The molecule has 6 heteroatoms. The molecule has 0 amide bonds. The topological polar surface area (TPSA) is 79.6 Å². The smallest absolute Gasteiger partial charge is 0.148 e. The summed E-state index contributed by atoms with van der Waals surface area (Å²) in [6, 6.07) is 5.31. The fraction of sp³-hybridized carbons (Fsp3) is 0.222. The summed E-state index contributed by atoms with van der Waals surface area (Å²) in [5, 5.41) is 10.7. The number of aryl methyl sites for hydroxylation is 2. The summed E-state index contributed by atoms with van der Waals surface area (Å²) in [7, 11) is 0. The van der Waals surface area contributed by atoms with Gasteiger partial charge in [0.05, 0.1) is 24.1 Å². The molecule has 1 aromatic carbocycles. The molecule has 122 valence electrons. The number of halogens is 1. The Kier molecular flexibility index (Phi) is 3.26. The number of nitrogens with two attached hydrogens (primary N) is 1. The number of hydrogen-bond acceptors (Lipinski definition) is 4. The lowest BCUT2D eigenvalue weighted by atomic mass is 9.92. The zero-order valence-electron chi connectivity index (χ0n) is 13.6. The van der Waals surface area contributed by atoms with E-state index in [2.05, 4.69) is 28.5 Å². The molecule has 0 saturated heterocycles. The normalized spacial score (nSPS) is 14.0. The number of benzene rings is 1. The van der Waals surface area contributed by atoms with Gasteiger partial charge in [-0.2, -0.15) is 5.10 Å². The molecule has 1 aliphatic rings. The number of rotatable bonds is 2. The lowest BCUT2D eigenvalue weighted by Crippen LogP contribution is -2.21. The second-order valence-electron chi connectivity index (χ2n) is 5.99. The average Bonchev–Trinajstić information content (AvgIpc) is 3.06. The van der Waals surface area contributed by atoms with Crippen LogP contribution in [-0.2, 0) is 6.42 Å². The number of fused-ring (bicyclic) bond motifs is 2. The summed E-state index contributed by atoms with van der Waals surface area (Å²) in [6.07, 6.45) is 2.55. The van der Waals surface area contributed by atoms with E-state index in [1.165, 1.54) is 11.6 Å².